The Hall–Kier alpha value is -2.83. The molecule has 0 radical (unpaired) electrons. The van der Waals surface area contributed by atoms with Crippen molar-refractivity contribution < 1.29 is 14.3 Å². The van der Waals surface area contributed by atoms with E-state index in [2.05, 4.69) is 10.4 Å². The van der Waals surface area contributed by atoms with E-state index in [1.54, 1.807) is 24.8 Å². The van der Waals surface area contributed by atoms with Gasteiger partial charge in [0.05, 0.1) is 12.8 Å². The first-order valence-corrected chi connectivity index (χ1v) is 8.72. The molecule has 0 aliphatic carbocycles. The highest BCUT2D eigenvalue weighted by Gasteiger charge is 2.24. The highest BCUT2D eigenvalue weighted by molar-refractivity contribution is 5.92. The molecule has 1 aliphatic rings. The van der Waals surface area contributed by atoms with Crippen LogP contribution in [0, 0.1) is 12.8 Å². The second kappa shape index (κ2) is 7.59. The summed E-state index contributed by atoms with van der Waals surface area (Å²) >= 11 is 0. The number of rotatable bonds is 5. The van der Waals surface area contributed by atoms with E-state index in [1.807, 2.05) is 36.1 Å². The van der Waals surface area contributed by atoms with Crippen molar-refractivity contribution in [2.45, 2.75) is 20.3 Å². The van der Waals surface area contributed by atoms with Crippen LogP contribution < -0.4 is 10.1 Å². The summed E-state index contributed by atoms with van der Waals surface area (Å²) in [6.07, 6.45) is 0.916. The van der Waals surface area contributed by atoms with Gasteiger partial charge < -0.3 is 15.0 Å². The molecule has 1 atom stereocenters. The van der Waals surface area contributed by atoms with Crippen LogP contribution in [0.2, 0.25) is 0 Å². The van der Waals surface area contributed by atoms with Crippen molar-refractivity contribution >= 4 is 11.8 Å². The predicted octanol–water partition coefficient (Wildman–Crippen LogP) is 1.79. The van der Waals surface area contributed by atoms with Gasteiger partial charge in [-0.1, -0.05) is 0 Å². The molecule has 1 aromatic carbocycles. The molecule has 1 fully saturated rings. The number of amides is 2. The summed E-state index contributed by atoms with van der Waals surface area (Å²) in [5.41, 5.74) is 2.14. The van der Waals surface area contributed by atoms with E-state index in [-0.39, 0.29) is 11.8 Å². The Morgan fingerprint density at radius 3 is 2.65 bits per heavy atom. The van der Waals surface area contributed by atoms with E-state index in [0.717, 1.165) is 30.1 Å². The van der Waals surface area contributed by atoms with Crippen molar-refractivity contribution in [3.63, 3.8) is 0 Å². The fourth-order valence-corrected chi connectivity index (χ4v) is 3.18. The number of ether oxygens (including phenoxy) is 1. The van der Waals surface area contributed by atoms with E-state index in [4.69, 9.17) is 4.74 Å². The summed E-state index contributed by atoms with van der Waals surface area (Å²) in [4.78, 5) is 25.6. The topological polar surface area (TPSA) is 76.5 Å². The molecule has 1 saturated heterocycles. The molecule has 1 N–H and O–H groups in total. The Kier molecular flexibility index (Phi) is 5.25. The Labute approximate surface area is 152 Å². The molecule has 2 heterocycles. The van der Waals surface area contributed by atoms with Gasteiger partial charge in [0.15, 0.2) is 5.69 Å². The van der Waals surface area contributed by atoms with Gasteiger partial charge in [0.1, 0.15) is 5.75 Å². The molecule has 7 heteroatoms. The average Bonchev–Trinajstić information content (AvgIpc) is 3.27. The Morgan fingerprint density at radius 1 is 1.31 bits per heavy atom. The average molecular weight is 356 g/mol. The fourth-order valence-electron chi connectivity index (χ4n) is 3.18. The third kappa shape index (κ3) is 3.87. The van der Waals surface area contributed by atoms with Gasteiger partial charge in [0.25, 0.3) is 5.91 Å². The summed E-state index contributed by atoms with van der Waals surface area (Å²) in [5, 5.41) is 7.36. The molecule has 2 aromatic rings. The minimum Gasteiger partial charge on any atom is -0.497 e. The second-order valence-electron chi connectivity index (χ2n) is 6.61. The van der Waals surface area contributed by atoms with Crippen LogP contribution >= 0.6 is 0 Å². The van der Waals surface area contributed by atoms with Crippen molar-refractivity contribution in [1.29, 1.82) is 0 Å². The zero-order valence-corrected chi connectivity index (χ0v) is 15.4. The minimum absolute atomic E-state index is 0.0904. The van der Waals surface area contributed by atoms with Crippen LogP contribution in [0.4, 0.5) is 0 Å². The number of methoxy groups -OCH3 is 1. The van der Waals surface area contributed by atoms with Crippen LogP contribution in [0.5, 0.6) is 5.75 Å². The fraction of sp³-hybridized carbons (Fsp3) is 0.421. The largest absolute Gasteiger partial charge is 0.497 e. The number of benzene rings is 1. The summed E-state index contributed by atoms with van der Waals surface area (Å²) in [5.74, 6) is 0.967. The number of likely N-dealkylation sites (tertiary alicyclic amines) is 1. The van der Waals surface area contributed by atoms with E-state index in [9.17, 15) is 9.59 Å². The zero-order chi connectivity index (χ0) is 18.7. The van der Waals surface area contributed by atoms with Gasteiger partial charge in [-0.15, -0.1) is 0 Å². The minimum atomic E-state index is -0.193. The summed E-state index contributed by atoms with van der Waals surface area (Å²) in [7, 11) is 1.62. The molecule has 2 amide bonds. The monoisotopic (exact) mass is 356 g/mol. The Balaban J connectivity index is 1.62. The maximum absolute atomic E-state index is 12.4. The standard InChI is InChI=1S/C19H24N4O3/c1-13-10-18(21-23(13)16-4-6-17(26-3)7-5-16)19(25)20-11-15-8-9-22(12-15)14(2)24/h4-7,10,15H,8-9,11-12H2,1-3H3,(H,20,25). The number of nitrogens with one attached hydrogen (secondary N) is 1. The van der Waals surface area contributed by atoms with Crippen LogP contribution in [0.15, 0.2) is 30.3 Å². The number of aromatic nitrogens is 2. The molecule has 138 valence electrons. The number of nitrogens with zero attached hydrogens (tertiary/aromatic N) is 3. The molecule has 1 unspecified atom stereocenters. The molecule has 1 aliphatic heterocycles. The van der Waals surface area contributed by atoms with Crippen LogP contribution in [0.1, 0.15) is 29.5 Å². The molecule has 26 heavy (non-hydrogen) atoms. The Morgan fingerprint density at radius 2 is 2.04 bits per heavy atom. The quantitative estimate of drug-likeness (QED) is 0.886. The van der Waals surface area contributed by atoms with Gasteiger partial charge in [-0.3, -0.25) is 9.59 Å². The molecular weight excluding hydrogens is 332 g/mol. The first-order chi connectivity index (χ1) is 12.5. The van der Waals surface area contributed by atoms with Gasteiger partial charge in [-0.2, -0.15) is 5.10 Å². The smallest absolute Gasteiger partial charge is 0.271 e. The number of hydrogen-bond acceptors (Lipinski definition) is 4. The number of hydrogen-bond donors (Lipinski definition) is 1. The van der Waals surface area contributed by atoms with Crippen LogP contribution in [-0.2, 0) is 4.79 Å². The van der Waals surface area contributed by atoms with Crippen LogP contribution in [0.25, 0.3) is 5.69 Å². The van der Waals surface area contributed by atoms with Gasteiger partial charge in [-0.25, -0.2) is 4.68 Å². The first-order valence-electron chi connectivity index (χ1n) is 8.72. The van der Waals surface area contributed by atoms with Crippen LogP contribution in [0.3, 0.4) is 0 Å². The third-order valence-corrected chi connectivity index (χ3v) is 4.72. The SMILES string of the molecule is COc1ccc(-n2nc(C(=O)NCC3CCN(C(C)=O)C3)cc2C)cc1. The molecule has 7 nitrogen and oxygen atoms in total. The van der Waals surface area contributed by atoms with E-state index in [1.165, 1.54) is 0 Å². The van der Waals surface area contributed by atoms with Crippen molar-refractivity contribution in [2.75, 3.05) is 26.7 Å². The molecule has 1 aromatic heterocycles. The summed E-state index contributed by atoms with van der Waals surface area (Å²) in [6, 6.07) is 9.29. The van der Waals surface area contributed by atoms with Crippen molar-refractivity contribution in [2.24, 2.45) is 5.92 Å². The lowest BCUT2D eigenvalue weighted by Crippen LogP contribution is -2.32. The maximum atomic E-state index is 12.4. The maximum Gasteiger partial charge on any atom is 0.271 e. The van der Waals surface area contributed by atoms with Gasteiger partial charge in [0.2, 0.25) is 5.91 Å². The lowest BCUT2D eigenvalue weighted by Gasteiger charge is -2.14. The van der Waals surface area contributed by atoms with E-state index in [0.29, 0.717) is 24.7 Å². The van der Waals surface area contributed by atoms with Crippen molar-refractivity contribution in [3.05, 3.63) is 41.7 Å². The molecule has 0 saturated carbocycles. The molecule has 0 bridgehead atoms. The normalized spacial score (nSPS) is 16.6. The number of aryl methyl sites for hydroxylation is 1. The van der Waals surface area contributed by atoms with E-state index < -0.39 is 0 Å². The van der Waals surface area contributed by atoms with Gasteiger partial charge in [-0.05, 0) is 49.6 Å². The lowest BCUT2D eigenvalue weighted by molar-refractivity contribution is -0.127. The molecule has 0 spiro atoms. The highest BCUT2D eigenvalue weighted by atomic mass is 16.5. The second-order valence-corrected chi connectivity index (χ2v) is 6.61. The molecule has 3 rings (SSSR count). The predicted molar refractivity (Wildman–Crippen MR) is 97.5 cm³/mol. The van der Waals surface area contributed by atoms with Crippen LogP contribution in [-0.4, -0.2) is 53.2 Å². The Bertz CT molecular complexity index is 798. The highest BCUT2D eigenvalue weighted by Crippen LogP contribution is 2.18. The summed E-state index contributed by atoms with van der Waals surface area (Å²) in [6.45, 7) is 5.51. The van der Waals surface area contributed by atoms with E-state index >= 15 is 0 Å². The molecular formula is C19H24N4O3. The van der Waals surface area contributed by atoms with Gasteiger partial charge in [0, 0.05) is 32.3 Å². The summed E-state index contributed by atoms with van der Waals surface area (Å²) < 4.78 is 6.90. The van der Waals surface area contributed by atoms with Crippen molar-refractivity contribution in [3.8, 4) is 11.4 Å². The number of carbonyl (C=O) groups is 2. The zero-order valence-electron chi connectivity index (χ0n) is 15.4. The third-order valence-electron chi connectivity index (χ3n) is 4.72. The van der Waals surface area contributed by atoms with Crippen molar-refractivity contribution in [1.82, 2.24) is 20.0 Å². The lowest BCUT2D eigenvalue weighted by atomic mass is 10.1. The number of carbonyl (C=O) groups excluding carboxylic acids is 2. The van der Waals surface area contributed by atoms with Gasteiger partial charge >= 0.3 is 0 Å². The first kappa shape index (κ1) is 18.0.